The molecule has 166 valence electrons. The van der Waals surface area contributed by atoms with Crippen LogP contribution in [-0.2, 0) is 11.0 Å². The van der Waals surface area contributed by atoms with Gasteiger partial charge in [0.2, 0.25) is 0 Å². The van der Waals surface area contributed by atoms with Gasteiger partial charge in [-0.05, 0) is 25.1 Å². The number of amides is 1. The Hall–Kier alpha value is -2.27. The molecular formula is C19H15BrClF5N4O. The zero-order chi connectivity index (χ0) is 23.1. The van der Waals surface area contributed by atoms with E-state index in [2.05, 4.69) is 26.0 Å². The Kier molecular flexibility index (Phi) is 6.56. The van der Waals surface area contributed by atoms with E-state index in [-0.39, 0.29) is 34.0 Å². The van der Waals surface area contributed by atoms with Crippen LogP contribution in [0, 0.1) is 18.6 Å². The minimum Gasteiger partial charge on any atom is -0.311 e. The van der Waals surface area contributed by atoms with Gasteiger partial charge in [-0.1, -0.05) is 27.5 Å². The van der Waals surface area contributed by atoms with Gasteiger partial charge in [-0.2, -0.15) is 18.3 Å². The molecule has 0 radical (unpaired) electrons. The van der Waals surface area contributed by atoms with Gasteiger partial charge in [-0.3, -0.25) is 4.79 Å². The minimum atomic E-state index is -4.62. The number of pyridine rings is 1. The second-order valence-electron chi connectivity index (χ2n) is 6.83. The molecule has 31 heavy (non-hydrogen) atoms. The molecule has 0 saturated carbocycles. The molecule has 1 unspecified atom stereocenters. The van der Waals surface area contributed by atoms with Gasteiger partial charge in [-0.25, -0.2) is 18.8 Å². The van der Waals surface area contributed by atoms with Crippen molar-refractivity contribution in [2.24, 2.45) is 5.10 Å². The summed E-state index contributed by atoms with van der Waals surface area (Å²) in [6, 6.07) is 2.10. The van der Waals surface area contributed by atoms with Crippen LogP contribution in [0.3, 0.4) is 0 Å². The number of likely N-dealkylation sites (N-methyl/N-ethyl adjacent to an activating group) is 1. The number of alkyl halides is 4. The fourth-order valence-corrected chi connectivity index (χ4v) is 3.60. The Morgan fingerprint density at radius 2 is 1.94 bits per heavy atom. The van der Waals surface area contributed by atoms with Crippen molar-refractivity contribution in [1.29, 1.82) is 0 Å². The van der Waals surface area contributed by atoms with Gasteiger partial charge in [0.1, 0.15) is 23.5 Å². The van der Waals surface area contributed by atoms with E-state index >= 15 is 0 Å². The predicted molar refractivity (Wildman–Crippen MR) is 111 cm³/mol. The third-order valence-corrected chi connectivity index (χ3v) is 5.53. The Morgan fingerprint density at radius 1 is 1.26 bits per heavy atom. The van der Waals surface area contributed by atoms with E-state index in [4.69, 9.17) is 11.6 Å². The molecule has 1 atom stereocenters. The smallest absolute Gasteiger partial charge is 0.311 e. The van der Waals surface area contributed by atoms with E-state index in [0.717, 1.165) is 28.1 Å². The van der Waals surface area contributed by atoms with Gasteiger partial charge in [0, 0.05) is 30.6 Å². The number of carbonyl (C=O) groups is 1. The molecule has 0 N–H and O–H groups in total. The van der Waals surface area contributed by atoms with E-state index in [1.807, 2.05) is 0 Å². The predicted octanol–water partition coefficient (Wildman–Crippen LogP) is 5.33. The molecule has 1 amide bonds. The summed E-state index contributed by atoms with van der Waals surface area (Å²) >= 11 is 8.93. The van der Waals surface area contributed by atoms with Gasteiger partial charge in [-0.15, -0.1) is 0 Å². The summed E-state index contributed by atoms with van der Waals surface area (Å²) < 4.78 is 67.5. The molecule has 0 fully saturated rings. The monoisotopic (exact) mass is 524 g/mol. The average Bonchev–Trinajstić information content (AvgIpc) is 3.13. The summed E-state index contributed by atoms with van der Waals surface area (Å²) in [5, 5.41) is 5.19. The summed E-state index contributed by atoms with van der Waals surface area (Å²) in [7, 11) is 1.25. The number of anilines is 2. The van der Waals surface area contributed by atoms with Crippen LogP contribution in [0.2, 0.25) is 5.02 Å². The maximum atomic E-state index is 14.2. The molecule has 0 aliphatic carbocycles. The first kappa shape index (κ1) is 23.4. The zero-order valence-electron chi connectivity index (χ0n) is 16.1. The Morgan fingerprint density at radius 3 is 2.55 bits per heavy atom. The lowest BCUT2D eigenvalue weighted by atomic mass is 10.1. The first-order valence-corrected chi connectivity index (χ1v) is 10.3. The summed E-state index contributed by atoms with van der Waals surface area (Å²) in [4.78, 5) is 18.2. The molecule has 1 aliphatic heterocycles. The number of aryl methyl sites for hydroxylation is 1. The van der Waals surface area contributed by atoms with Crippen LogP contribution < -0.4 is 9.91 Å². The fraction of sp³-hybridized carbons (Fsp3) is 0.316. The molecule has 3 rings (SSSR count). The number of hydrazone groups is 1. The van der Waals surface area contributed by atoms with Gasteiger partial charge in [0.05, 0.1) is 22.0 Å². The molecule has 0 saturated heterocycles. The Balaban J connectivity index is 2.00. The molecule has 1 aromatic carbocycles. The SMILES string of the molecule is Cc1cc(C(F)(F)F)cc(N2N=C(CBr)CC2C(=O)N(C)c2cc(Cl)c(F)cc2F)n1. The summed E-state index contributed by atoms with van der Waals surface area (Å²) in [6.45, 7) is 1.39. The number of aromatic nitrogens is 1. The van der Waals surface area contributed by atoms with Crippen molar-refractivity contribution in [2.75, 3.05) is 22.3 Å². The lowest BCUT2D eigenvalue weighted by Gasteiger charge is -2.27. The summed E-state index contributed by atoms with van der Waals surface area (Å²) in [5.74, 6) is -2.86. The van der Waals surface area contributed by atoms with Crippen molar-refractivity contribution >= 4 is 50.7 Å². The molecule has 2 aromatic rings. The third kappa shape index (κ3) is 4.82. The highest BCUT2D eigenvalue weighted by Gasteiger charge is 2.38. The van der Waals surface area contributed by atoms with Crippen LogP contribution in [0.1, 0.15) is 17.7 Å². The average molecular weight is 526 g/mol. The van der Waals surface area contributed by atoms with Crippen LogP contribution in [0.4, 0.5) is 33.5 Å². The quantitative estimate of drug-likeness (QED) is 0.308. The number of benzene rings is 1. The van der Waals surface area contributed by atoms with Gasteiger partial charge < -0.3 is 4.90 Å². The second-order valence-corrected chi connectivity index (χ2v) is 7.80. The zero-order valence-corrected chi connectivity index (χ0v) is 18.5. The minimum absolute atomic E-state index is 0.0714. The third-order valence-electron chi connectivity index (χ3n) is 4.60. The number of nitrogens with zero attached hydrogens (tertiary/aromatic N) is 4. The van der Waals surface area contributed by atoms with Crippen LogP contribution in [0.5, 0.6) is 0 Å². The van der Waals surface area contributed by atoms with Crippen molar-refractivity contribution in [1.82, 2.24) is 4.98 Å². The standard InChI is InChI=1S/C19H15BrClF5N4O/c1-9-3-10(19(24,25)26)4-17(27-9)30-16(5-11(8-20)28-30)18(31)29(2)15-6-12(21)13(22)7-14(15)23/h3-4,6-7,16H,5,8H2,1-2H3. The van der Waals surface area contributed by atoms with Crippen LogP contribution in [0.15, 0.2) is 29.4 Å². The van der Waals surface area contributed by atoms with Gasteiger partial charge in [0.15, 0.2) is 0 Å². The number of hydrogen-bond donors (Lipinski definition) is 0. The topological polar surface area (TPSA) is 48.8 Å². The largest absolute Gasteiger partial charge is 0.416 e. The summed E-state index contributed by atoms with van der Waals surface area (Å²) in [5.41, 5.74) is -0.644. The molecule has 5 nitrogen and oxygen atoms in total. The van der Waals surface area contributed by atoms with E-state index < -0.39 is 35.3 Å². The van der Waals surface area contributed by atoms with E-state index in [9.17, 15) is 26.7 Å². The molecular weight excluding hydrogens is 511 g/mol. The molecule has 0 bridgehead atoms. The maximum absolute atomic E-state index is 14.2. The molecule has 1 aromatic heterocycles. The van der Waals surface area contributed by atoms with Gasteiger partial charge >= 0.3 is 6.18 Å². The van der Waals surface area contributed by atoms with Crippen molar-refractivity contribution in [3.8, 4) is 0 Å². The van der Waals surface area contributed by atoms with Crippen molar-refractivity contribution < 1.29 is 26.7 Å². The number of halogens is 7. The van der Waals surface area contributed by atoms with E-state index in [1.54, 1.807) is 0 Å². The summed E-state index contributed by atoms with van der Waals surface area (Å²) in [6.07, 6.45) is -4.55. The fourth-order valence-electron chi connectivity index (χ4n) is 3.10. The lowest BCUT2D eigenvalue weighted by molar-refractivity contribution is -0.137. The number of rotatable bonds is 4. The molecule has 1 aliphatic rings. The highest BCUT2D eigenvalue weighted by Crippen LogP contribution is 2.34. The Bertz CT molecular complexity index is 1060. The van der Waals surface area contributed by atoms with Crippen LogP contribution in [0.25, 0.3) is 0 Å². The lowest BCUT2D eigenvalue weighted by Crippen LogP contribution is -2.44. The van der Waals surface area contributed by atoms with Crippen molar-refractivity contribution in [2.45, 2.75) is 25.6 Å². The highest BCUT2D eigenvalue weighted by molar-refractivity contribution is 9.09. The van der Waals surface area contributed by atoms with Crippen molar-refractivity contribution in [3.05, 3.63) is 52.2 Å². The van der Waals surface area contributed by atoms with Crippen molar-refractivity contribution in [3.63, 3.8) is 0 Å². The number of carbonyl (C=O) groups excluding carboxylic acids is 1. The number of hydrogen-bond acceptors (Lipinski definition) is 4. The normalized spacial score (nSPS) is 16.5. The highest BCUT2D eigenvalue weighted by atomic mass is 79.9. The van der Waals surface area contributed by atoms with Gasteiger partial charge in [0.25, 0.3) is 5.91 Å². The van der Waals surface area contributed by atoms with E-state index in [1.165, 1.54) is 14.0 Å². The maximum Gasteiger partial charge on any atom is 0.416 e. The first-order valence-electron chi connectivity index (χ1n) is 8.82. The first-order chi connectivity index (χ1) is 14.4. The van der Waals surface area contributed by atoms with Crippen LogP contribution in [-0.4, -0.2) is 35.0 Å². The Labute approximate surface area is 187 Å². The molecule has 12 heteroatoms. The van der Waals surface area contributed by atoms with Crippen LogP contribution >= 0.6 is 27.5 Å². The molecule has 2 heterocycles. The second kappa shape index (κ2) is 8.70. The molecule has 0 spiro atoms. The van der Waals surface area contributed by atoms with E-state index in [0.29, 0.717) is 11.8 Å².